The number of carbonyl (C=O) groups is 3. The molecule has 2 saturated carbocycles. The number of likely N-dealkylation sites (tertiary alicyclic amines) is 1. The first-order valence-corrected chi connectivity index (χ1v) is 12.9. The molecule has 174 valence electrons. The summed E-state index contributed by atoms with van der Waals surface area (Å²) >= 11 is 9.67. The number of carbonyl (C=O) groups excluding carboxylic acids is 3. The van der Waals surface area contributed by atoms with Crippen molar-refractivity contribution in [2.24, 2.45) is 35.5 Å². The standard InChI is InChI=1S/C27H24BrClN2O3/c1-13-9-19(28)20(29)12-21(13)30-25(32)22(10-14-5-3-2-4-6-14)31-26(33)23-15-7-8-16(18-11-17(15)18)24(23)27(31)34/h2-9,12,15-18,22-24H,10-11H2,1H3,(H,30,32). The maximum Gasteiger partial charge on any atom is 0.248 e. The van der Waals surface area contributed by atoms with Crippen molar-refractivity contribution in [2.45, 2.75) is 25.8 Å². The Kier molecular flexibility index (Phi) is 5.23. The maximum absolute atomic E-state index is 13.7. The molecule has 7 atom stereocenters. The molecule has 0 radical (unpaired) electrons. The highest BCUT2D eigenvalue weighted by Gasteiger charge is 2.67. The highest BCUT2D eigenvalue weighted by molar-refractivity contribution is 9.10. The fraction of sp³-hybridized carbons (Fsp3) is 0.370. The van der Waals surface area contributed by atoms with Crippen molar-refractivity contribution in [1.82, 2.24) is 4.90 Å². The summed E-state index contributed by atoms with van der Waals surface area (Å²) in [7, 11) is 0. The summed E-state index contributed by atoms with van der Waals surface area (Å²) in [5.41, 5.74) is 2.29. The van der Waals surface area contributed by atoms with E-state index < -0.39 is 6.04 Å². The number of nitrogens with one attached hydrogen (secondary N) is 1. The lowest BCUT2D eigenvalue weighted by atomic mass is 9.63. The van der Waals surface area contributed by atoms with Gasteiger partial charge in [-0.15, -0.1) is 0 Å². The molecule has 5 aliphatic rings. The Morgan fingerprint density at radius 2 is 1.71 bits per heavy atom. The van der Waals surface area contributed by atoms with Crippen LogP contribution < -0.4 is 5.32 Å². The average Bonchev–Trinajstić information content (AvgIpc) is 3.60. The van der Waals surface area contributed by atoms with E-state index in [0.717, 1.165) is 22.0 Å². The van der Waals surface area contributed by atoms with Crippen LogP contribution in [0.25, 0.3) is 0 Å². The van der Waals surface area contributed by atoms with Crippen LogP contribution in [-0.2, 0) is 20.8 Å². The third-order valence-electron chi connectivity index (χ3n) is 8.11. The van der Waals surface area contributed by atoms with E-state index in [1.165, 1.54) is 4.90 Å². The van der Waals surface area contributed by atoms with Crippen molar-refractivity contribution in [3.8, 4) is 0 Å². The first-order chi connectivity index (χ1) is 16.3. The molecule has 7 unspecified atom stereocenters. The van der Waals surface area contributed by atoms with Crippen LogP contribution in [0.4, 0.5) is 5.69 Å². The van der Waals surface area contributed by atoms with E-state index >= 15 is 0 Å². The number of rotatable bonds is 5. The van der Waals surface area contributed by atoms with Gasteiger partial charge in [0.25, 0.3) is 0 Å². The van der Waals surface area contributed by atoms with Gasteiger partial charge in [-0.05, 0) is 76.2 Å². The number of hydrogen-bond acceptors (Lipinski definition) is 3. The summed E-state index contributed by atoms with van der Waals surface area (Å²) in [6, 6.07) is 12.1. The van der Waals surface area contributed by atoms with E-state index in [0.29, 0.717) is 22.5 Å². The van der Waals surface area contributed by atoms with E-state index in [1.807, 2.05) is 43.3 Å². The zero-order chi connectivity index (χ0) is 23.7. The number of anilines is 1. The minimum Gasteiger partial charge on any atom is -0.324 e. The van der Waals surface area contributed by atoms with E-state index in [-0.39, 0.29) is 47.8 Å². The van der Waals surface area contributed by atoms with Crippen molar-refractivity contribution in [3.05, 3.63) is 75.2 Å². The molecule has 5 nitrogen and oxygen atoms in total. The minimum absolute atomic E-state index is 0.120. The Bertz CT molecular complexity index is 1210. The summed E-state index contributed by atoms with van der Waals surface area (Å²) in [5, 5.41) is 3.42. The summed E-state index contributed by atoms with van der Waals surface area (Å²) in [5.74, 6) is -0.158. The van der Waals surface area contributed by atoms with Crippen molar-refractivity contribution < 1.29 is 14.4 Å². The molecule has 7 rings (SSSR count). The summed E-state index contributed by atoms with van der Waals surface area (Å²) in [6.07, 6.45) is 5.66. The third kappa shape index (κ3) is 3.37. The minimum atomic E-state index is -0.925. The van der Waals surface area contributed by atoms with Gasteiger partial charge in [-0.25, -0.2) is 0 Å². The normalized spacial score (nSPS) is 31.3. The van der Waals surface area contributed by atoms with E-state index in [1.54, 1.807) is 6.07 Å². The molecule has 1 N–H and O–H groups in total. The molecule has 4 aliphatic carbocycles. The first-order valence-electron chi connectivity index (χ1n) is 11.7. The molecule has 7 heteroatoms. The van der Waals surface area contributed by atoms with Gasteiger partial charge in [-0.3, -0.25) is 19.3 Å². The van der Waals surface area contributed by atoms with Crippen LogP contribution in [0.3, 0.4) is 0 Å². The molecule has 0 aromatic heterocycles. The van der Waals surface area contributed by atoms with Crippen LogP contribution >= 0.6 is 27.5 Å². The molecule has 3 amide bonds. The van der Waals surface area contributed by atoms with Crippen molar-refractivity contribution in [2.75, 3.05) is 5.32 Å². The number of hydrogen-bond donors (Lipinski definition) is 1. The second-order valence-electron chi connectivity index (χ2n) is 9.98. The number of allylic oxidation sites excluding steroid dienone is 2. The van der Waals surface area contributed by atoms with Crippen LogP contribution in [0.15, 0.2) is 59.1 Å². The monoisotopic (exact) mass is 538 g/mol. The predicted molar refractivity (Wildman–Crippen MR) is 133 cm³/mol. The maximum atomic E-state index is 13.7. The second kappa shape index (κ2) is 8.06. The van der Waals surface area contributed by atoms with E-state index in [2.05, 4.69) is 33.4 Å². The quantitative estimate of drug-likeness (QED) is 0.429. The molecular weight excluding hydrogens is 516 g/mol. The average molecular weight is 540 g/mol. The number of imide groups is 1. The zero-order valence-electron chi connectivity index (χ0n) is 18.6. The van der Waals surface area contributed by atoms with Gasteiger partial charge in [0.15, 0.2) is 0 Å². The first kappa shape index (κ1) is 22.1. The van der Waals surface area contributed by atoms with Crippen LogP contribution in [-0.4, -0.2) is 28.7 Å². The molecule has 2 bridgehead atoms. The number of benzene rings is 2. The highest BCUT2D eigenvalue weighted by Crippen LogP contribution is 2.65. The lowest BCUT2D eigenvalue weighted by Crippen LogP contribution is -2.49. The number of amides is 3. The van der Waals surface area contributed by atoms with Crippen molar-refractivity contribution in [1.29, 1.82) is 0 Å². The molecular formula is C27H24BrClN2O3. The predicted octanol–water partition coefficient (Wildman–Crippen LogP) is 5.01. The van der Waals surface area contributed by atoms with Gasteiger partial charge in [0, 0.05) is 16.6 Å². The zero-order valence-corrected chi connectivity index (χ0v) is 20.9. The number of nitrogens with zero attached hydrogens (tertiary/aromatic N) is 1. The lowest BCUT2D eigenvalue weighted by molar-refractivity contribution is -0.146. The number of aryl methyl sites for hydroxylation is 1. The molecule has 3 fully saturated rings. The smallest absolute Gasteiger partial charge is 0.248 e. The molecule has 2 aromatic carbocycles. The van der Waals surface area contributed by atoms with Crippen molar-refractivity contribution >= 4 is 50.9 Å². The molecule has 0 spiro atoms. The third-order valence-corrected chi connectivity index (χ3v) is 9.31. The highest BCUT2D eigenvalue weighted by atomic mass is 79.9. The van der Waals surface area contributed by atoms with E-state index in [4.69, 9.17) is 11.6 Å². The van der Waals surface area contributed by atoms with Gasteiger partial charge in [-0.1, -0.05) is 54.1 Å². The molecule has 2 aromatic rings. The molecule has 34 heavy (non-hydrogen) atoms. The van der Waals surface area contributed by atoms with Crippen LogP contribution in [0.5, 0.6) is 0 Å². The summed E-state index contributed by atoms with van der Waals surface area (Å²) in [4.78, 5) is 42.4. The van der Waals surface area contributed by atoms with Crippen molar-refractivity contribution in [3.63, 3.8) is 0 Å². The lowest BCUT2D eigenvalue weighted by Gasteiger charge is -2.37. The number of halogens is 2. The fourth-order valence-electron chi connectivity index (χ4n) is 6.42. The van der Waals surface area contributed by atoms with Gasteiger partial charge < -0.3 is 5.32 Å². The summed E-state index contributed by atoms with van der Waals surface area (Å²) in [6.45, 7) is 1.87. The van der Waals surface area contributed by atoms with Gasteiger partial charge in [0.05, 0.1) is 16.9 Å². The van der Waals surface area contributed by atoms with Crippen LogP contribution in [0, 0.1) is 42.4 Å². The SMILES string of the molecule is Cc1cc(Br)c(Cl)cc1NC(=O)C(Cc1ccccc1)N1C(=O)C2C3C=CC(C4CC34)C2C1=O. The molecule has 1 heterocycles. The van der Waals surface area contributed by atoms with Gasteiger partial charge in [-0.2, -0.15) is 0 Å². The Balaban J connectivity index is 1.34. The topological polar surface area (TPSA) is 66.5 Å². The molecule has 1 saturated heterocycles. The Hall–Kier alpha value is -2.44. The van der Waals surface area contributed by atoms with Gasteiger partial charge >= 0.3 is 0 Å². The summed E-state index contributed by atoms with van der Waals surface area (Å²) < 4.78 is 0.737. The largest absolute Gasteiger partial charge is 0.324 e. The molecule has 1 aliphatic heterocycles. The second-order valence-corrected chi connectivity index (χ2v) is 11.2. The van der Waals surface area contributed by atoms with Gasteiger partial charge in [0.2, 0.25) is 17.7 Å². The Morgan fingerprint density at radius 3 is 2.32 bits per heavy atom. The van der Waals surface area contributed by atoms with E-state index in [9.17, 15) is 14.4 Å². The van der Waals surface area contributed by atoms with Crippen LogP contribution in [0.2, 0.25) is 5.02 Å². The fourth-order valence-corrected chi connectivity index (χ4v) is 7.04. The van der Waals surface area contributed by atoms with Gasteiger partial charge in [0.1, 0.15) is 6.04 Å². The Morgan fingerprint density at radius 1 is 1.09 bits per heavy atom. The van der Waals surface area contributed by atoms with Crippen LogP contribution in [0.1, 0.15) is 17.5 Å². The Labute approximate surface area is 211 Å².